The summed E-state index contributed by atoms with van der Waals surface area (Å²) in [5, 5.41) is 3.61. The second kappa shape index (κ2) is 3.30. The fraction of sp³-hybridized carbons (Fsp3) is 0.111. The first kappa shape index (κ1) is 3.20. The van der Waals surface area contributed by atoms with Gasteiger partial charge >= 0.3 is 0 Å². The summed E-state index contributed by atoms with van der Waals surface area (Å²) in [6, 6.07) is -0.617. The van der Waals surface area contributed by atoms with Crippen LogP contribution in [0.3, 0.4) is 0 Å². The minimum absolute atomic E-state index is 0.0191. The molecule has 0 amide bonds. The molecule has 0 atom stereocenters. The number of hydrogen-bond donors (Lipinski definition) is 0. The van der Waals surface area contributed by atoms with Gasteiger partial charge in [-0.15, -0.1) is 0 Å². The molecule has 0 aromatic carbocycles. The summed E-state index contributed by atoms with van der Waals surface area (Å²) in [6.07, 6.45) is -1.66. The highest BCUT2D eigenvalue weighted by atomic mass is 79.9. The van der Waals surface area contributed by atoms with Gasteiger partial charge in [0, 0.05) is 20.9 Å². The topological polar surface area (TPSA) is 30.7 Å². The number of aromatic nitrogens is 3. The Labute approximate surface area is 95.8 Å². The second-order valence-electron chi connectivity index (χ2n) is 2.12. The Kier molecular flexibility index (Phi) is 0.813. The van der Waals surface area contributed by atoms with E-state index in [0.717, 1.165) is 0 Å². The Morgan fingerprint density at radius 3 is 3.38 bits per heavy atom. The maximum absolute atomic E-state index is 7.84. The molecule has 0 radical (unpaired) electrons. The predicted molar refractivity (Wildman–Crippen MR) is 53.8 cm³/mol. The average molecular weight is 246 g/mol. The molecule has 0 aliphatic carbocycles. The van der Waals surface area contributed by atoms with Gasteiger partial charge in [-0.1, -0.05) is 15.9 Å². The standard InChI is InChI=1S/C9H8BrN3/c1-7-5-12-13(6-7)9-4-8(10)2-3-11-9/h2-6H,1H3/i1D3,2D,3D,4D,5D,6D. The highest BCUT2D eigenvalue weighted by Crippen LogP contribution is 2.12. The molecule has 0 saturated carbocycles. The van der Waals surface area contributed by atoms with Crippen molar-refractivity contribution in [1.29, 1.82) is 0 Å². The normalized spacial score (nSPS) is 20.1. The number of halogens is 1. The molecule has 0 aliphatic heterocycles. The lowest BCUT2D eigenvalue weighted by Crippen LogP contribution is -1.96. The van der Waals surface area contributed by atoms with E-state index in [1.165, 1.54) is 0 Å². The molecule has 0 fully saturated rings. The van der Waals surface area contributed by atoms with Crippen molar-refractivity contribution in [2.24, 2.45) is 0 Å². The van der Waals surface area contributed by atoms with Gasteiger partial charge in [0.2, 0.25) is 0 Å². The summed E-state index contributed by atoms with van der Waals surface area (Å²) in [7, 11) is 0. The Balaban J connectivity index is 2.76. The van der Waals surface area contributed by atoms with Crippen LogP contribution < -0.4 is 0 Å². The van der Waals surface area contributed by atoms with E-state index in [1.807, 2.05) is 0 Å². The largest absolute Gasteiger partial charge is 0.237 e. The van der Waals surface area contributed by atoms with Crippen LogP contribution in [0.15, 0.2) is 35.1 Å². The van der Waals surface area contributed by atoms with E-state index in [1.54, 1.807) is 0 Å². The lowest BCUT2D eigenvalue weighted by Gasteiger charge is -1.98. The Bertz CT molecular complexity index is 723. The molecule has 0 spiro atoms. The van der Waals surface area contributed by atoms with E-state index >= 15 is 0 Å². The lowest BCUT2D eigenvalue weighted by atomic mass is 10.4. The molecule has 2 rings (SSSR count). The molecule has 4 heteroatoms. The first-order valence-corrected chi connectivity index (χ1v) is 4.05. The van der Waals surface area contributed by atoms with E-state index in [4.69, 9.17) is 11.0 Å². The van der Waals surface area contributed by atoms with Crippen molar-refractivity contribution in [3.05, 3.63) is 40.6 Å². The van der Waals surface area contributed by atoms with Crippen LogP contribution >= 0.6 is 15.9 Å². The summed E-state index contributed by atoms with van der Waals surface area (Å²) in [5.41, 5.74) is -0.554. The van der Waals surface area contributed by atoms with Crippen molar-refractivity contribution in [1.82, 2.24) is 14.8 Å². The van der Waals surface area contributed by atoms with Crippen LogP contribution in [-0.2, 0) is 0 Å². The lowest BCUT2D eigenvalue weighted by molar-refractivity contribution is 0.845. The van der Waals surface area contributed by atoms with Crippen LogP contribution in [0.25, 0.3) is 5.82 Å². The van der Waals surface area contributed by atoms with Crippen LogP contribution in [0.2, 0.25) is 0 Å². The first-order chi connectivity index (χ1) is 9.55. The Morgan fingerprint density at radius 2 is 2.62 bits per heavy atom. The van der Waals surface area contributed by atoms with E-state index in [9.17, 15) is 0 Å². The predicted octanol–water partition coefficient (Wildman–Crippen LogP) is 2.34. The third kappa shape index (κ3) is 1.78. The van der Waals surface area contributed by atoms with E-state index in [2.05, 4.69) is 26.0 Å². The van der Waals surface area contributed by atoms with Gasteiger partial charge in [0.1, 0.15) is 0 Å². The van der Waals surface area contributed by atoms with Gasteiger partial charge in [0.25, 0.3) is 0 Å². The molecular weight excluding hydrogens is 230 g/mol. The first-order valence-electron chi connectivity index (χ1n) is 7.26. The molecule has 0 bridgehead atoms. The zero-order valence-corrected chi connectivity index (χ0v) is 7.81. The molecule has 2 aromatic heterocycles. The van der Waals surface area contributed by atoms with Gasteiger partial charge in [0.15, 0.2) is 5.82 Å². The van der Waals surface area contributed by atoms with Crippen molar-refractivity contribution in [2.75, 3.05) is 0 Å². The molecule has 0 unspecified atom stereocenters. The van der Waals surface area contributed by atoms with Gasteiger partial charge in [-0.25, -0.2) is 9.67 Å². The van der Waals surface area contributed by atoms with E-state index in [-0.39, 0.29) is 22.4 Å². The molecular formula is C9H8BrN3. The van der Waals surface area contributed by atoms with Gasteiger partial charge < -0.3 is 0 Å². The summed E-state index contributed by atoms with van der Waals surface area (Å²) in [4.78, 5) is 3.68. The van der Waals surface area contributed by atoms with Crippen LogP contribution in [0.5, 0.6) is 0 Å². The van der Waals surface area contributed by atoms with Crippen LogP contribution in [0, 0.1) is 6.85 Å². The molecule has 2 heterocycles. The summed E-state index contributed by atoms with van der Waals surface area (Å²) >= 11 is 2.97. The molecule has 13 heavy (non-hydrogen) atoms. The van der Waals surface area contributed by atoms with Crippen molar-refractivity contribution in [3.8, 4) is 5.82 Å². The maximum Gasteiger partial charge on any atom is 0.154 e. The fourth-order valence-corrected chi connectivity index (χ4v) is 1.01. The van der Waals surface area contributed by atoms with E-state index < -0.39 is 30.9 Å². The SMILES string of the molecule is [2H]c1nc(-n2nc([2H])c(C([2H])([2H])[2H])c2[2H])c([2H])c(Br)c1[2H]. The zero-order valence-electron chi connectivity index (χ0n) is 14.2. The summed E-state index contributed by atoms with van der Waals surface area (Å²) < 4.78 is 60.9. The minimum atomic E-state index is -2.69. The smallest absolute Gasteiger partial charge is 0.154 e. The highest BCUT2D eigenvalue weighted by Gasteiger charge is 1.98. The molecule has 66 valence electrons. The average Bonchev–Trinajstić information content (AvgIpc) is 2.66. The van der Waals surface area contributed by atoms with Crippen LogP contribution in [0.4, 0.5) is 0 Å². The van der Waals surface area contributed by atoms with Crippen molar-refractivity contribution >= 4 is 15.9 Å². The number of pyridine rings is 1. The number of hydrogen-bond acceptors (Lipinski definition) is 2. The molecule has 0 saturated heterocycles. The third-order valence-electron chi connectivity index (χ3n) is 1.23. The van der Waals surface area contributed by atoms with E-state index in [0.29, 0.717) is 4.68 Å². The Morgan fingerprint density at radius 1 is 1.69 bits per heavy atom. The second-order valence-corrected chi connectivity index (χ2v) is 2.91. The zero-order chi connectivity index (χ0) is 16.1. The van der Waals surface area contributed by atoms with Crippen molar-refractivity contribution in [3.63, 3.8) is 0 Å². The summed E-state index contributed by atoms with van der Waals surface area (Å²) in [5.74, 6) is -0.281. The molecule has 2 aromatic rings. The quantitative estimate of drug-likeness (QED) is 0.773. The highest BCUT2D eigenvalue weighted by molar-refractivity contribution is 9.10. The summed E-state index contributed by atoms with van der Waals surface area (Å²) in [6.45, 7) is -2.69. The monoisotopic (exact) mass is 245 g/mol. The fourth-order valence-electron chi connectivity index (χ4n) is 0.744. The van der Waals surface area contributed by atoms with Crippen LogP contribution in [0.1, 0.15) is 16.5 Å². The minimum Gasteiger partial charge on any atom is -0.237 e. The molecule has 0 N–H and O–H groups in total. The van der Waals surface area contributed by atoms with Gasteiger partial charge in [-0.2, -0.15) is 5.10 Å². The van der Waals surface area contributed by atoms with Gasteiger partial charge in [-0.3, -0.25) is 0 Å². The Hall–Kier alpha value is -1.16. The van der Waals surface area contributed by atoms with Gasteiger partial charge in [-0.05, 0) is 24.5 Å². The number of nitrogens with zero attached hydrogens (tertiary/aromatic N) is 3. The van der Waals surface area contributed by atoms with Crippen molar-refractivity contribution < 1.29 is 11.0 Å². The van der Waals surface area contributed by atoms with Crippen LogP contribution in [-0.4, -0.2) is 14.8 Å². The maximum atomic E-state index is 7.84. The van der Waals surface area contributed by atoms with Gasteiger partial charge in [0.05, 0.1) is 13.0 Å². The van der Waals surface area contributed by atoms with Crippen molar-refractivity contribution in [2.45, 2.75) is 6.85 Å². The molecule has 0 aliphatic rings. The molecule has 3 nitrogen and oxygen atoms in total. The third-order valence-corrected chi connectivity index (χ3v) is 1.63. The number of rotatable bonds is 1.